The van der Waals surface area contributed by atoms with Gasteiger partial charge < -0.3 is 10.1 Å². The van der Waals surface area contributed by atoms with Crippen molar-refractivity contribution in [2.45, 2.75) is 45.4 Å². The van der Waals surface area contributed by atoms with Crippen molar-refractivity contribution in [3.8, 4) is 0 Å². The van der Waals surface area contributed by atoms with Crippen LogP contribution in [0.5, 0.6) is 0 Å². The van der Waals surface area contributed by atoms with E-state index in [1.807, 2.05) is 32.0 Å². The van der Waals surface area contributed by atoms with Crippen molar-refractivity contribution >= 4 is 5.91 Å². The highest BCUT2D eigenvalue weighted by Gasteiger charge is 2.28. The molecule has 1 fully saturated rings. The van der Waals surface area contributed by atoms with Gasteiger partial charge in [0.1, 0.15) is 12.6 Å². The minimum absolute atomic E-state index is 0.0179. The number of amides is 1. The molecule has 1 amide bonds. The van der Waals surface area contributed by atoms with Gasteiger partial charge in [-0.05, 0) is 50.5 Å². The molecule has 3 rings (SSSR count). The van der Waals surface area contributed by atoms with Crippen molar-refractivity contribution in [3.63, 3.8) is 0 Å². The van der Waals surface area contributed by atoms with E-state index in [9.17, 15) is 4.79 Å². The fraction of sp³-hybridized carbons (Fsp3) is 0.471. The van der Waals surface area contributed by atoms with Crippen LogP contribution in [0.4, 0.5) is 0 Å². The van der Waals surface area contributed by atoms with Crippen molar-refractivity contribution in [1.82, 2.24) is 20.1 Å². The first kappa shape index (κ1) is 15.7. The van der Waals surface area contributed by atoms with Crippen LogP contribution in [0.3, 0.4) is 0 Å². The van der Waals surface area contributed by atoms with Gasteiger partial charge in [0.25, 0.3) is 0 Å². The summed E-state index contributed by atoms with van der Waals surface area (Å²) in [6, 6.07) is 5.83. The summed E-state index contributed by atoms with van der Waals surface area (Å²) in [7, 11) is 0. The van der Waals surface area contributed by atoms with Crippen LogP contribution in [-0.2, 0) is 16.1 Å². The first-order valence-electron chi connectivity index (χ1n) is 7.95. The molecule has 2 aromatic rings. The molecule has 0 spiro atoms. The minimum Gasteiger partial charge on any atom is -0.371 e. The number of nitrogens with zero attached hydrogens (tertiary/aromatic N) is 3. The summed E-state index contributed by atoms with van der Waals surface area (Å²) in [6.45, 7) is 4.84. The highest BCUT2D eigenvalue weighted by atomic mass is 16.5. The molecule has 0 aromatic carbocycles. The summed E-state index contributed by atoms with van der Waals surface area (Å²) in [4.78, 5) is 16.4. The predicted molar refractivity (Wildman–Crippen MR) is 85.8 cm³/mol. The standard InChI is InChI=1S/C17H22N4O2/c1-12-10-13(2)21(20-12)11-16(22)19-15-4-3-9-23-17(15)14-5-7-18-8-6-14/h5-8,10,15,17H,3-4,9,11H2,1-2H3,(H,19,22)/t15-,17+/m0/s1. The second-order valence-electron chi connectivity index (χ2n) is 5.97. The van der Waals surface area contributed by atoms with Gasteiger partial charge in [0.2, 0.25) is 5.91 Å². The molecule has 0 unspecified atom stereocenters. The second-order valence-corrected chi connectivity index (χ2v) is 5.97. The topological polar surface area (TPSA) is 69.0 Å². The van der Waals surface area contributed by atoms with Crippen molar-refractivity contribution in [2.24, 2.45) is 0 Å². The Kier molecular flexibility index (Phi) is 4.71. The van der Waals surface area contributed by atoms with Crippen molar-refractivity contribution in [3.05, 3.63) is 47.5 Å². The third-order valence-electron chi connectivity index (χ3n) is 4.10. The highest BCUT2D eigenvalue weighted by molar-refractivity contribution is 5.76. The fourth-order valence-corrected chi connectivity index (χ4v) is 3.03. The van der Waals surface area contributed by atoms with Crippen LogP contribution >= 0.6 is 0 Å². The number of hydrogen-bond donors (Lipinski definition) is 1. The third kappa shape index (κ3) is 3.76. The molecule has 1 saturated heterocycles. The van der Waals surface area contributed by atoms with Gasteiger partial charge in [0.05, 0.1) is 11.7 Å². The molecule has 0 radical (unpaired) electrons. The maximum Gasteiger partial charge on any atom is 0.242 e. The maximum absolute atomic E-state index is 12.4. The SMILES string of the molecule is Cc1cc(C)n(CC(=O)N[C@H]2CCCO[C@@H]2c2ccncc2)n1. The largest absolute Gasteiger partial charge is 0.371 e. The molecular formula is C17H22N4O2. The molecule has 0 bridgehead atoms. The van der Waals surface area contributed by atoms with E-state index in [1.54, 1.807) is 17.1 Å². The molecule has 2 atom stereocenters. The summed E-state index contributed by atoms with van der Waals surface area (Å²) in [5, 5.41) is 7.44. The van der Waals surface area contributed by atoms with Crippen molar-refractivity contribution < 1.29 is 9.53 Å². The number of aromatic nitrogens is 3. The average Bonchev–Trinajstić information content (AvgIpc) is 2.86. The van der Waals surface area contributed by atoms with Crippen LogP contribution in [0.1, 0.15) is 35.9 Å². The van der Waals surface area contributed by atoms with E-state index in [1.165, 1.54) is 0 Å². The highest BCUT2D eigenvalue weighted by Crippen LogP contribution is 2.28. The van der Waals surface area contributed by atoms with E-state index in [0.29, 0.717) is 0 Å². The lowest BCUT2D eigenvalue weighted by atomic mass is 9.96. The molecule has 6 nitrogen and oxygen atoms in total. The van der Waals surface area contributed by atoms with Crippen molar-refractivity contribution in [1.29, 1.82) is 0 Å². The molecule has 1 N–H and O–H groups in total. The second kappa shape index (κ2) is 6.91. The van der Waals surface area contributed by atoms with E-state index in [2.05, 4.69) is 15.4 Å². The van der Waals surface area contributed by atoms with Crippen LogP contribution in [0.15, 0.2) is 30.6 Å². The Morgan fingerprint density at radius 3 is 2.87 bits per heavy atom. The van der Waals surface area contributed by atoms with Gasteiger partial charge in [-0.25, -0.2) is 0 Å². The molecular weight excluding hydrogens is 292 g/mol. The molecule has 1 aliphatic rings. The molecule has 3 heterocycles. The number of hydrogen-bond acceptors (Lipinski definition) is 4. The van der Waals surface area contributed by atoms with E-state index < -0.39 is 0 Å². The summed E-state index contributed by atoms with van der Waals surface area (Å²) < 4.78 is 7.62. The van der Waals surface area contributed by atoms with Crippen LogP contribution in [0.25, 0.3) is 0 Å². The van der Waals surface area contributed by atoms with Gasteiger partial charge in [0.15, 0.2) is 0 Å². The van der Waals surface area contributed by atoms with E-state index >= 15 is 0 Å². The van der Waals surface area contributed by atoms with E-state index in [0.717, 1.165) is 36.4 Å². The van der Waals surface area contributed by atoms with Gasteiger partial charge in [0, 0.05) is 24.7 Å². The van der Waals surface area contributed by atoms with Crippen LogP contribution in [-0.4, -0.2) is 33.3 Å². The van der Waals surface area contributed by atoms with Crippen LogP contribution in [0, 0.1) is 13.8 Å². The molecule has 0 aliphatic carbocycles. The lowest BCUT2D eigenvalue weighted by Crippen LogP contribution is -2.44. The van der Waals surface area contributed by atoms with Crippen LogP contribution in [0.2, 0.25) is 0 Å². The Balaban J connectivity index is 1.67. The van der Waals surface area contributed by atoms with Gasteiger partial charge >= 0.3 is 0 Å². The summed E-state index contributed by atoms with van der Waals surface area (Å²) in [5.74, 6) is -0.0363. The van der Waals surface area contributed by atoms with E-state index in [-0.39, 0.29) is 24.6 Å². The number of aryl methyl sites for hydroxylation is 2. The van der Waals surface area contributed by atoms with Gasteiger partial charge in [-0.15, -0.1) is 0 Å². The predicted octanol–water partition coefficient (Wildman–Crippen LogP) is 1.93. The summed E-state index contributed by atoms with van der Waals surface area (Å²) >= 11 is 0. The summed E-state index contributed by atoms with van der Waals surface area (Å²) in [6.07, 6.45) is 5.25. The first-order valence-corrected chi connectivity index (χ1v) is 7.95. The average molecular weight is 314 g/mol. The zero-order chi connectivity index (χ0) is 16.2. The number of carbonyl (C=O) groups is 1. The Hall–Kier alpha value is -2.21. The molecule has 1 aliphatic heterocycles. The van der Waals surface area contributed by atoms with Crippen LogP contribution < -0.4 is 5.32 Å². The monoisotopic (exact) mass is 314 g/mol. The first-order chi connectivity index (χ1) is 11.1. The molecule has 6 heteroatoms. The number of rotatable bonds is 4. The molecule has 2 aromatic heterocycles. The van der Waals surface area contributed by atoms with E-state index in [4.69, 9.17) is 4.74 Å². The Labute approximate surface area is 135 Å². The Morgan fingerprint density at radius 2 is 2.17 bits per heavy atom. The lowest BCUT2D eigenvalue weighted by Gasteiger charge is -2.32. The number of ether oxygens (including phenoxy) is 1. The fourth-order valence-electron chi connectivity index (χ4n) is 3.03. The quantitative estimate of drug-likeness (QED) is 0.936. The maximum atomic E-state index is 12.4. The minimum atomic E-state index is -0.115. The van der Waals surface area contributed by atoms with Crippen molar-refractivity contribution in [2.75, 3.05) is 6.61 Å². The number of nitrogens with one attached hydrogen (secondary N) is 1. The molecule has 0 saturated carbocycles. The normalized spacial score (nSPS) is 21.1. The lowest BCUT2D eigenvalue weighted by molar-refractivity contribution is -0.125. The Bertz CT molecular complexity index is 668. The van der Waals surface area contributed by atoms with Gasteiger partial charge in [-0.3, -0.25) is 14.5 Å². The van der Waals surface area contributed by atoms with Gasteiger partial charge in [-0.2, -0.15) is 5.10 Å². The van der Waals surface area contributed by atoms with Gasteiger partial charge in [-0.1, -0.05) is 0 Å². The summed E-state index contributed by atoms with van der Waals surface area (Å²) in [5.41, 5.74) is 2.96. The number of pyridine rings is 1. The smallest absolute Gasteiger partial charge is 0.242 e. The zero-order valence-electron chi connectivity index (χ0n) is 13.5. The molecule has 122 valence electrons. The number of carbonyl (C=O) groups excluding carboxylic acids is 1. The third-order valence-corrected chi connectivity index (χ3v) is 4.10. The molecule has 23 heavy (non-hydrogen) atoms. The Morgan fingerprint density at radius 1 is 1.39 bits per heavy atom. The zero-order valence-corrected chi connectivity index (χ0v) is 13.5.